The Morgan fingerprint density at radius 1 is 1.27 bits per heavy atom. The molecule has 0 unspecified atom stereocenters. The van der Waals surface area contributed by atoms with E-state index in [1.54, 1.807) is 23.9 Å². The molecular formula is C23H25N3O4. The molecular weight excluding hydrogens is 382 g/mol. The second-order valence-corrected chi connectivity index (χ2v) is 7.91. The number of ether oxygens (including phenoxy) is 1. The third-order valence-corrected chi connectivity index (χ3v) is 5.41. The second kappa shape index (κ2) is 7.59. The van der Waals surface area contributed by atoms with Crippen LogP contribution in [-0.2, 0) is 18.0 Å². The predicted octanol–water partition coefficient (Wildman–Crippen LogP) is 2.99. The smallest absolute Gasteiger partial charge is 0.256 e. The van der Waals surface area contributed by atoms with Gasteiger partial charge in [0.2, 0.25) is 0 Å². The molecule has 0 aliphatic carbocycles. The van der Waals surface area contributed by atoms with E-state index in [1.165, 1.54) is 0 Å². The first-order valence-corrected chi connectivity index (χ1v) is 9.76. The number of nitrogens with one attached hydrogen (secondary N) is 1. The maximum absolute atomic E-state index is 13.0. The summed E-state index contributed by atoms with van der Waals surface area (Å²) in [6, 6.07) is 11.2. The number of benzene rings is 1. The number of rotatable bonds is 5. The quantitative estimate of drug-likeness (QED) is 0.676. The Labute approximate surface area is 174 Å². The minimum Gasteiger partial charge on any atom is -0.496 e. The summed E-state index contributed by atoms with van der Waals surface area (Å²) in [6.07, 6.45) is 1.70. The van der Waals surface area contributed by atoms with Gasteiger partial charge in [-0.3, -0.25) is 9.78 Å². The lowest BCUT2D eigenvalue weighted by Gasteiger charge is -2.23. The average molecular weight is 407 g/mol. The number of aromatic nitrogens is 2. The Morgan fingerprint density at radius 3 is 2.67 bits per heavy atom. The number of hydrogen-bond donors (Lipinski definition) is 2. The zero-order chi connectivity index (χ0) is 21.5. The van der Waals surface area contributed by atoms with Gasteiger partial charge in [-0.05, 0) is 50.4 Å². The molecule has 0 fully saturated rings. The molecule has 0 saturated carbocycles. The highest BCUT2D eigenvalue weighted by Crippen LogP contribution is 2.41. The predicted molar refractivity (Wildman–Crippen MR) is 115 cm³/mol. The van der Waals surface area contributed by atoms with Gasteiger partial charge in [-0.15, -0.1) is 5.48 Å². The van der Waals surface area contributed by atoms with Crippen molar-refractivity contribution in [2.45, 2.75) is 39.5 Å². The van der Waals surface area contributed by atoms with Crippen LogP contribution in [0.3, 0.4) is 0 Å². The van der Waals surface area contributed by atoms with Gasteiger partial charge in [0.15, 0.2) is 0 Å². The minimum atomic E-state index is -0.409. The van der Waals surface area contributed by atoms with Crippen molar-refractivity contribution in [1.29, 1.82) is 0 Å². The number of hydroxylamine groups is 1. The summed E-state index contributed by atoms with van der Waals surface area (Å²) in [4.78, 5) is 22.9. The lowest BCUT2D eigenvalue weighted by atomic mass is 9.87. The van der Waals surface area contributed by atoms with E-state index in [-0.39, 0.29) is 12.2 Å². The number of allylic oxidation sites excluding steroid dienone is 1. The van der Waals surface area contributed by atoms with Crippen LogP contribution in [0.15, 0.2) is 53.1 Å². The third kappa shape index (κ3) is 3.36. The van der Waals surface area contributed by atoms with Crippen molar-refractivity contribution in [2.24, 2.45) is 0 Å². The summed E-state index contributed by atoms with van der Waals surface area (Å²) >= 11 is 0. The highest BCUT2D eigenvalue weighted by Gasteiger charge is 2.35. The van der Waals surface area contributed by atoms with Crippen LogP contribution < -0.4 is 15.8 Å². The highest BCUT2D eigenvalue weighted by atomic mass is 16.7. The number of fused-ring (bicyclic) bond motifs is 1. The van der Waals surface area contributed by atoms with Gasteiger partial charge in [0.05, 0.1) is 37.0 Å². The van der Waals surface area contributed by atoms with Crippen LogP contribution in [0.2, 0.25) is 0 Å². The zero-order valence-electron chi connectivity index (χ0n) is 17.5. The number of hydrogen-bond acceptors (Lipinski definition) is 6. The van der Waals surface area contributed by atoms with E-state index in [1.807, 2.05) is 51.1 Å². The average Bonchev–Trinajstić information content (AvgIpc) is 3.02. The number of pyridine rings is 2. The molecule has 3 heterocycles. The van der Waals surface area contributed by atoms with Crippen molar-refractivity contribution in [3.63, 3.8) is 0 Å². The Balaban J connectivity index is 1.99. The SMILES string of the molecule is COc1cc2c(cc1C1=C(C)ONC1(C)C)cc(CO)c(=O)n2Cc1ccccn1. The van der Waals surface area contributed by atoms with Gasteiger partial charge in [0.25, 0.3) is 5.56 Å². The van der Waals surface area contributed by atoms with Gasteiger partial charge in [-0.1, -0.05) is 6.07 Å². The topological polar surface area (TPSA) is 85.6 Å². The molecule has 0 saturated heterocycles. The molecule has 1 aromatic carbocycles. The number of methoxy groups -OCH3 is 1. The first kappa shape index (κ1) is 20.1. The molecule has 4 rings (SSSR count). The fourth-order valence-corrected chi connectivity index (χ4v) is 4.03. The fourth-order valence-electron chi connectivity index (χ4n) is 4.03. The Bertz CT molecular complexity index is 1200. The molecule has 7 nitrogen and oxygen atoms in total. The molecule has 2 aromatic heterocycles. The molecule has 0 atom stereocenters. The Kier molecular flexibility index (Phi) is 5.09. The summed E-state index contributed by atoms with van der Waals surface area (Å²) in [5.41, 5.74) is 6.05. The molecule has 156 valence electrons. The normalized spacial score (nSPS) is 15.5. The third-order valence-electron chi connectivity index (χ3n) is 5.41. The summed E-state index contributed by atoms with van der Waals surface area (Å²) in [6.45, 7) is 5.93. The van der Waals surface area contributed by atoms with Gasteiger partial charge < -0.3 is 19.2 Å². The molecule has 3 aromatic rings. The van der Waals surface area contributed by atoms with Crippen molar-refractivity contribution in [1.82, 2.24) is 15.0 Å². The molecule has 7 heteroatoms. The molecule has 0 amide bonds. The van der Waals surface area contributed by atoms with Crippen LogP contribution in [0.1, 0.15) is 37.6 Å². The molecule has 2 N–H and O–H groups in total. The lowest BCUT2D eigenvalue weighted by Crippen LogP contribution is -2.34. The van der Waals surface area contributed by atoms with E-state index in [2.05, 4.69) is 10.5 Å². The minimum absolute atomic E-state index is 0.243. The van der Waals surface area contributed by atoms with Crippen LogP contribution in [0.25, 0.3) is 16.5 Å². The van der Waals surface area contributed by atoms with Crippen LogP contribution in [-0.4, -0.2) is 27.3 Å². The maximum atomic E-state index is 13.0. The van der Waals surface area contributed by atoms with E-state index in [9.17, 15) is 9.90 Å². The highest BCUT2D eigenvalue weighted by molar-refractivity contribution is 5.90. The summed E-state index contributed by atoms with van der Waals surface area (Å²) in [5.74, 6) is 1.41. The summed E-state index contributed by atoms with van der Waals surface area (Å²) < 4.78 is 7.34. The first-order chi connectivity index (χ1) is 14.4. The monoisotopic (exact) mass is 407 g/mol. The van der Waals surface area contributed by atoms with Gasteiger partial charge in [-0.25, -0.2) is 0 Å². The van der Waals surface area contributed by atoms with Gasteiger partial charge in [0, 0.05) is 29.0 Å². The van der Waals surface area contributed by atoms with E-state index in [0.717, 1.165) is 28.0 Å². The van der Waals surface area contributed by atoms with Crippen molar-refractivity contribution < 1.29 is 14.7 Å². The Morgan fingerprint density at radius 2 is 2.07 bits per heavy atom. The molecule has 0 bridgehead atoms. The fraction of sp³-hybridized carbons (Fsp3) is 0.304. The van der Waals surface area contributed by atoms with Gasteiger partial charge >= 0.3 is 0 Å². The summed E-state index contributed by atoms with van der Waals surface area (Å²) in [7, 11) is 1.61. The number of aliphatic hydroxyl groups excluding tert-OH is 1. The number of aliphatic hydroxyl groups is 1. The second-order valence-electron chi connectivity index (χ2n) is 7.91. The van der Waals surface area contributed by atoms with Crippen molar-refractivity contribution in [2.75, 3.05) is 7.11 Å². The molecule has 30 heavy (non-hydrogen) atoms. The van der Waals surface area contributed by atoms with Gasteiger partial charge in [-0.2, -0.15) is 0 Å². The molecule has 0 radical (unpaired) electrons. The van der Waals surface area contributed by atoms with E-state index < -0.39 is 5.54 Å². The maximum Gasteiger partial charge on any atom is 0.256 e. The van der Waals surface area contributed by atoms with E-state index in [0.29, 0.717) is 23.4 Å². The van der Waals surface area contributed by atoms with Crippen molar-refractivity contribution >= 4 is 16.5 Å². The largest absolute Gasteiger partial charge is 0.496 e. The van der Waals surface area contributed by atoms with E-state index >= 15 is 0 Å². The van der Waals surface area contributed by atoms with Crippen LogP contribution in [0, 0.1) is 0 Å². The standard InChI is InChI=1S/C23H25N3O4/c1-14-21(23(2,3)25-30-14)18-10-15-9-16(13-27)22(28)26(19(15)11-20(18)29-4)12-17-7-5-6-8-24-17/h5-11,25,27H,12-13H2,1-4H3. The van der Waals surface area contributed by atoms with Crippen molar-refractivity contribution in [3.05, 3.63) is 75.5 Å². The molecule has 0 spiro atoms. The molecule has 1 aliphatic rings. The summed E-state index contributed by atoms with van der Waals surface area (Å²) in [5, 5.41) is 10.6. The zero-order valence-corrected chi connectivity index (χ0v) is 17.5. The Hall–Kier alpha value is -3.16. The van der Waals surface area contributed by atoms with Crippen LogP contribution >= 0.6 is 0 Å². The lowest BCUT2D eigenvalue weighted by molar-refractivity contribution is 0.0930. The van der Waals surface area contributed by atoms with Crippen molar-refractivity contribution in [3.8, 4) is 5.75 Å². The van der Waals surface area contributed by atoms with E-state index in [4.69, 9.17) is 9.57 Å². The molecule has 1 aliphatic heterocycles. The number of nitrogens with zero attached hydrogens (tertiary/aromatic N) is 2. The van der Waals surface area contributed by atoms with Crippen LogP contribution in [0.4, 0.5) is 0 Å². The first-order valence-electron chi connectivity index (χ1n) is 9.76. The van der Waals surface area contributed by atoms with Gasteiger partial charge in [0.1, 0.15) is 11.5 Å². The van der Waals surface area contributed by atoms with Crippen LogP contribution in [0.5, 0.6) is 5.75 Å².